The van der Waals surface area contributed by atoms with Crippen LogP contribution >= 0.6 is 0 Å². The standard InChI is InChI=1S/C64H42N2/c1-3-15-43(16-4-1)51-19-7-9-21-53(51)45-27-35-49(36-28-45)65(50-37-29-46(30-38-50)54-22-10-8-20-52(54)44-17-5-2-6-18-44)61-41-33-47-32-40-58-62(42-34-48-31-39-57(61)63(47)64(48)58)66-59-25-13-11-23-55(59)56-24-12-14-26-60(56)66/h1-42H. The molecule has 66 heavy (non-hydrogen) atoms. The van der Waals surface area contributed by atoms with Gasteiger partial charge >= 0.3 is 0 Å². The van der Waals surface area contributed by atoms with E-state index in [1.165, 1.54) is 104 Å². The number of aromatic nitrogens is 1. The Balaban J connectivity index is 1.000. The van der Waals surface area contributed by atoms with E-state index in [9.17, 15) is 0 Å². The molecule has 0 fully saturated rings. The Bertz CT molecular complexity index is 3720. The molecule has 2 nitrogen and oxygen atoms in total. The summed E-state index contributed by atoms with van der Waals surface area (Å²) in [5.74, 6) is 0. The first-order chi connectivity index (χ1) is 32.8. The van der Waals surface area contributed by atoms with Crippen LogP contribution in [0.15, 0.2) is 255 Å². The normalized spacial score (nSPS) is 11.6. The summed E-state index contributed by atoms with van der Waals surface area (Å²) in [6, 6.07) is 93.2. The maximum Gasteiger partial charge on any atom is 0.0541 e. The zero-order valence-electron chi connectivity index (χ0n) is 36.1. The van der Waals surface area contributed by atoms with Crippen molar-refractivity contribution in [3.8, 4) is 50.2 Å². The Morgan fingerprint density at radius 1 is 0.258 bits per heavy atom. The fourth-order valence-electron chi connectivity index (χ4n) is 10.6. The zero-order chi connectivity index (χ0) is 43.6. The average Bonchev–Trinajstić information content (AvgIpc) is 3.73. The third-order valence-corrected chi connectivity index (χ3v) is 13.6. The topological polar surface area (TPSA) is 8.17 Å². The summed E-state index contributed by atoms with van der Waals surface area (Å²) in [7, 11) is 0. The highest BCUT2D eigenvalue weighted by Crippen LogP contribution is 2.47. The van der Waals surface area contributed by atoms with Crippen molar-refractivity contribution in [2.24, 2.45) is 0 Å². The molecule has 0 unspecified atom stereocenters. The minimum atomic E-state index is 1.09. The average molecular weight is 839 g/mol. The van der Waals surface area contributed by atoms with Gasteiger partial charge in [0.05, 0.1) is 22.4 Å². The van der Waals surface area contributed by atoms with Gasteiger partial charge in [-0.15, -0.1) is 0 Å². The number of rotatable bonds is 8. The molecule has 0 atom stereocenters. The van der Waals surface area contributed by atoms with E-state index in [1.54, 1.807) is 0 Å². The van der Waals surface area contributed by atoms with Crippen molar-refractivity contribution in [2.75, 3.05) is 4.90 Å². The van der Waals surface area contributed by atoms with Crippen LogP contribution in [0.1, 0.15) is 0 Å². The lowest BCUT2D eigenvalue weighted by atomic mass is 9.91. The van der Waals surface area contributed by atoms with Crippen LogP contribution in [0.4, 0.5) is 17.1 Å². The Hall–Kier alpha value is -8.72. The van der Waals surface area contributed by atoms with Crippen LogP contribution in [-0.4, -0.2) is 4.57 Å². The maximum atomic E-state index is 2.46. The Labute approximate surface area is 383 Å². The van der Waals surface area contributed by atoms with Gasteiger partial charge in [-0.25, -0.2) is 0 Å². The number of hydrogen-bond acceptors (Lipinski definition) is 1. The second-order valence-corrected chi connectivity index (χ2v) is 17.2. The third-order valence-electron chi connectivity index (χ3n) is 13.6. The van der Waals surface area contributed by atoms with Gasteiger partial charge in [-0.1, -0.05) is 206 Å². The van der Waals surface area contributed by atoms with Gasteiger partial charge in [-0.3, -0.25) is 0 Å². The van der Waals surface area contributed by atoms with E-state index in [2.05, 4.69) is 264 Å². The molecule has 1 heterocycles. The van der Waals surface area contributed by atoms with Crippen LogP contribution in [0.25, 0.3) is 104 Å². The van der Waals surface area contributed by atoms with Crippen molar-refractivity contribution >= 4 is 71.2 Å². The van der Waals surface area contributed by atoms with Gasteiger partial charge in [0.25, 0.3) is 0 Å². The molecule has 0 spiro atoms. The number of fused-ring (bicyclic) bond motifs is 3. The van der Waals surface area contributed by atoms with Crippen LogP contribution < -0.4 is 4.90 Å². The number of anilines is 3. The molecule has 0 radical (unpaired) electrons. The van der Waals surface area contributed by atoms with Crippen molar-refractivity contribution in [3.63, 3.8) is 0 Å². The molecule has 308 valence electrons. The fourth-order valence-corrected chi connectivity index (χ4v) is 10.6. The summed E-state index contributed by atoms with van der Waals surface area (Å²) in [6.07, 6.45) is 0. The summed E-state index contributed by atoms with van der Waals surface area (Å²) in [6.45, 7) is 0. The van der Waals surface area contributed by atoms with E-state index in [0.29, 0.717) is 0 Å². The van der Waals surface area contributed by atoms with Gasteiger partial charge in [0, 0.05) is 32.9 Å². The zero-order valence-corrected chi connectivity index (χ0v) is 36.1. The van der Waals surface area contributed by atoms with Crippen molar-refractivity contribution in [3.05, 3.63) is 255 Å². The first kappa shape index (κ1) is 37.8. The fraction of sp³-hybridized carbons (Fsp3) is 0. The molecule has 0 aliphatic rings. The van der Waals surface area contributed by atoms with E-state index >= 15 is 0 Å². The van der Waals surface area contributed by atoms with Gasteiger partial charge in [0.15, 0.2) is 0 Å². The molecule has 2 heteroatoms. The van der Waals surface area contributed by atoms with E-state index in [1.807, 2.05) is 0 Å². The molecular weight excluding hydrogens is 797 g/mol. The molecule has 0 saturated carbocycles. The number of para-hydroxylation sites is 2. The lowest BCUT2D eigenvalue weighted by molar-refractivity contribution is 1.20. The van der Waals surface area contributed by atoms with Crippen molar-refractivity contribution in [2.45, 2.75) is 0 Å². The van der Waals surface area contributed by atoms with Crippen LogP contribution in [0.5, 0.6) is 0 Å². The van der Waals surface area contributed by atoms with Crippen LogP contribution in [0.2, 0.25) is 0 Å². The Kier molecular flexibility index (Phi) is 8.89. The predicted molar refractivity (Wildman–Crippen MR) is 281 cm³/mol. The van der Waals surface area contributed by atoms with Crippen LogP contribution in [-0.2, 0) is 0 Å². The summed E-state index contributed by atoms with van der Waals surface area (Å²) in [4.78, 5) is 2.44. The quantitative estimate of drug-likeness (QED) is 0.138. The molecule has 13 aromatic rings. The van der Waals surface area contributed by atoms with Crippen LogP contribution in [0.3, 0.4) is 0 Å². The molecule has 0 saturated heterocycles. The Morgan fingerprint density at radius 3 is 1.14 bits per heavy atom. The van der Waals surface area contributed by atoms with Gasteiger partial charge in [0.1, 0.15) is 0 Å². The molecule has 0 aliphatic carbocycles. The van der Waals surface area contributed by atoms with Gasteiger partial charge in [-0.2, -0.15) is 0 Å². The smallest absolute Gasteiger partial charge is 0.0541 e. The van der Waals surface area contributed by atoms with Crippen molar-refractivity contribution < 1.29 is 0 Å². The molecule has 0 amide bonds. The highest BCUT2D eigenvalue weighted by atomic mass is 15.1. The molecule has 1 aromatic heterocycles. The lowest BCUT2D eigenvalue weighted by Crippen LogP contribution is -2.10. The monoisotopic (exact) mass is 838 g/mol. The summed E-state index contributed by atoms with van der Waals surface area (Å²) >= 11 is 0. The highest BCUT2D eigenvalue weighted by Gasteiger charge is 2.22. The summed E-state index contributed by atoms with van der Waals surface area (Å²) in [5.41, 5.74) is 16.6. The lowest BCUT2D eigenvalue weighted by Gasteiger charge is -2.28. The molecular formula is C64H42N2. The highest BCUT2D eigenvalue weighted by molar-refractivity contribution is 6.27. The molecule has 12 aromatic carbocycles. The first-order valence-corrected chi connectivity index (χ1v) is 22.8. The predicted octanol–water partition coefficient (Wildman–Crippen LogP) is 17.8. The number of hydrogen-bond donors (Lipinski definition) is 0. The Morgan fingerprint density at radius 2 is 0.636 bits per heavy atom. The summed E-state index contributed by atoms with van der Waals surface area (Å²) < 4.78 is 2.46. The first-order valence-electron chi connectivity index (χ1n) is 22.8. The molecule has 0 aliphatic heterocycles. The van der Waals surface area contributed by atoms with Crippen LogP contribution in [0, 0.1) is 0 Å². The second kappa shape index (κ2) is 15.5. The number of benzene rings is 12. The van der Waals surface area contributed by atoms with E-state index in [-0.39, 0.29) is 0 Å². The maximum absolute atomic E-state index is 2.46. The number of nitrogens with zero attached hydrogens (tertiary/aromatic N) is 2. The van der Waals surface area contributed by atoms with Gasteiger partial charge in [-0.05, 0) is 115 Å². The molecule has 0 bridgehead atoms. The van der Waals surface area contributed by atoms with Gasteiger partial charge in [0.2, 0.25) is 0 Å². The molecule has 13 rings (SSSR count). The van der Waals surface area contributed by atoms with E-state index < -0.39 is 0 Å². The molecule has 0 N–H and O–H groups in total. The second-order valence-electron chi connectivity index (χ2n) is 17.2. The SMILES string of the molecule is c1ccc(-c2ccccc2-c2ccc(N(c3ccc(-c4ccccc4-c4ccccc4)cc3)c3ccc4ccc5c(-n6c7ccccc7c7ccccc76)ccc6ccc3c4c65)cc2)cc1. The van der Waals surface area contributed by atoms with E-state index in [4.69, 9.17) is 0 Å². The minimum Gasteiger partial charge on any atom is -0.310 e. The minimum absolute atomic E-state index is 1.09. The van der Waals surface area contributed by atoms with Crippen molar-refractivity contribution in [1.29, 1.82) is 0 Å². The largest absolute Gasteiger partial charge is 0.310 e. The third kappa shape index (κ3) is 6.11. The van der Waals surface area contributed by atoms with Gasteiger partial charge < -0.3 is 9.47 Å². The van der Waals surface area contributed by atoms with E-state index in [0.717, 1.165) is 17.1 Å². The summed E-state index contributed by atoms with van der Waals surface area (Å²) in [5, 5.41) is 10.0. The van der Waals surface area contributed by atoms with Crippen molar-refractivity contribution in [1.82, 2.24) is 4.57 Å².